The van der Waals surface area contributed by atoms with Crippen molar-refractivity contribution in [2.24, 2.45) is 0 Å². The van der Waals surface area contributed by atoms with E-state index in [0.29, 0.717) is 12.1 Å². The summed E-state index contributed by atoms with van der Waals surface area (Å²) >= 11 is 5.84. The van der Waals surface area contributed by atoms with Crippen molar-refractivity contribution in [3.63, 3.8) is 0 Å². The first-order valence-electron chi connectivity index (χ1n) is 6.66. The highest BCUT2D eigenvalue weighted by Gasteiger charge is 2.04. The number of amides is 1. The van der Waals surface area contributed by atoms with Gasteiger partial charge in [0.1, 0.15) is 0 Å². The predicted molar refractivity (Wildman–Crippen MR) is 84.6 cm³/mol. The summed E-state index contributed by atoms with van der Waals surface area (Å²) in [6.45, 7) is 0.884. The zero-order chi connectivity index (χ0) is 15.1. The first-order valence-corrected chi connectivity index (χ1v) is 7.04. The van der Waals surface area contributed by atoms with E-state index in [1.807, 2.05) is 36.4 Å². The summed E-state index contributed by atoms with van der Waals surface area (Å²) in [6, 6.07) is 14.8. The fourth-order valence-corrected chi connectivity index (χ4v) is 1.94. The van der Waals surface area contributed by atoms with E-state index in [0.717, 1.165) is 16.3 Å². The zero-order valence-corrected chi connectivity index (χ0v) is 12.2. The molecule has 0 aliphatic carbocycles. The van der Waals surface area contributed by atoms with Gasteiger partial charge in [0, 0.05) is 29.4 Å². The van der Waals surface area contributed by atoms with Crippen molar-refractivity contribution >= 4 is 23.2 Å². The Hall–Kier alpha value is -2.04. The number of aliphatic hydroxyl groups excluding tert-OH is 1. The average molecular weight is 305 g/mol. The summed E-state index contributed by atoms with van der Waals surface area (Å²) in [5.41, 5.74) is 2.63. The van der Waals surface area contributed by atoms with Crippen molar-refractivity contribution in [3.05, 3.63) is 64.7 Å². The van der Waals surface area contributed by atoms with Gasteiger partial charge in [0.2, 0.25) is 0 Å². The second kappa shape index (κ2) is 7.67. The molecular formula is C16H17ClN2O2. The molecule has 0 aromatic heterocycles. The van der Waals surface area contributed by atoms with Gasteiger partial charge in [-0.3, -0.25) is 4.79 Å². The van der Waals surface area contributed by atoms with Gasteiger partial charge >= 0.3 is 0 Å². The van der Waals surface area contributed by atoms with Crippen molar-refractivity contribution in [1.29, 1.82) is 0 Å². The lowest BCUT2D eigenvalue weighted by molar-refractivity contribution is 0.0945. The molecule has 0 saturated heterocycles. The zero-order valence-electron chi connectivity index (χ0n) is 11.5. The Bertz CT molecular complexity index is 582. The third-order valence-electron chi connectivity index (χ3n) is 2.95. The highest BCUT2D eigenvalue weighted by molar-refractivity contribution is 6.30. The van der Waals surface area contributed by atoms with Gasteiger partial charge in [0.05, 0.1) is 6.61 Å². The summed E-state index contributed by atoms with van der Waals surface area (Å²) in [5, 5.41) is 15.3. The highest BCUT2D eigenvalue weighted by atomic mass is 35.5. The van der Waals surface area contributed by atoms with Crippen molar-refractivity contribution in [1.82, 2.24) is 5.32 Å². The van der Waals surface area contributed by atoms with Crippen LogP contribution in [-0.2, 0) is 6.54 Å². The van der Waals surface area contributed by atoms with Crippen molar-refractivity contribution in [2.45, 2.75) is 6.54 Å². The molecule has 0 fully saturated rings. The molecule has 0 spiro atoms. The molecule has 5 heteroatoms. The Morgan fingerprint density at radius 2 is 1.71 bits per heavy atom. The molecular weight excluding hydrogens is 288 g/mol. The van der Waals surface area contributed by atoms with Crippen LogP contribution in [0.2, 0.25) is 5.02 Å². The molecule has 4 nitrogen and oxygen atoms in total. The van der Waals surface area contributed by atoms with Crippen LogP contribution in [0.3, 0.4) is 0 Å². The second-order valence-corrected chi connectivity index (χ2v) is 4.97. The van der Waals surface area contributed by atoms with Crippen molar-refractivity contribution < 1.29 is 9.90 Å². The first-order chi connectivity index (χ1) is 10.2. The smallest absolute Gasteiger partial charge is 0.251 e. The third kappa shape index (κ3) is 4.77. The standard InChI is InChI=1S/C16H17ClN2O2/c17-14-5-1-12(2-6-14)11-19-15-7-3-13(4-8-15)16(21)18-9-10-20/h1-8,19-20H,9-11H2,(H,18,21). The molecule has 0 aliphatic rings. The number of carbonyl (C=O) groups is 1. The fraction of sp³-hybridized carbons (Fsp3) is 0.188. The minimum atomic E-state index is -0.187. The van der Waals surface area contributed by atoms with Gasteiger partial charge in [-0.1, -0.05) is 23.7 Å². The van der Waals surface area contributed by atoms with E-state index in [-0.39, 0.29) is 19.1 Å². The Labute approximate surface area is 128 Å². The molecule has 0 atom stereocenters. The van der Waals surface area contributed by atoms with Crippen molar-refractivity contribution in [2.75, 3.05) is 18.5 Å². The molecule has 110 valence electrons. The molecule has 2 aromatic carbocycles. The van der Waals surface area contributed by atoms with E-state index in [1.54, 1.807) is 12.1 Å². The lowest BCUT2D eigenvalue weighted by atomic mass is 10.2. The Morgan fingerprint density at radius 1 is 1.05 bits per heavy atom. The predicted octanol–water partition coefficient (Wildman–Crippen LogP) is 2.67. The van der Waals surface area contributed by atoms with Gasteiger partial charge in [-0.05, 0) is 42.0 Å². The van der Waals surface area contributed by atoms with Gasteiger partial charge < -0.3 is 15.7 Å². The summed E-state index contributed by atoms with van der Waals surface area (Å²) < 4.78 is 0. The molecule has 2 rings (SSSR count). The minimum absolute atomic E-state index is 0.0630. The van der Waals surface area contributed by atoms with Gasteiger partial charge in [-0.2, -0.15) is 0 Å². The Kier molecular flexibility index (Phi) is 5.60. The molecule has 0 bridgehead atoms. The third-order valence-corrected chi connectivity index (χ3v) is 3.21. The summed E-state index contributed by atoms with van der Waals surface area (Å²) in [5.74, 6) is -0.187. The number of hydrogen-bond acceptors (Lipinski definition) is 3. The molecule has 0 aliphatic heterocycles. The van der Waals surface area contributed by atoms with Crippen LogP contribution in [0.5, 0.6) is 0 Å². The van der Waals surface area contributed by atoms with E-state index in [4.69, 9.17) is 16.7 Å². The molecule has 0 saturated carbocycles. The van der Waals surface area contributed by atoms with Crippen LogP contribution < -0.4 is 10.6 Å². The number of aliphatic hydroxyl groups is 1. The highest BCUT2D eigenvalue weighted by Crippen LogP contribution is 2.13. The monoisotopic (exact) mass is 304 g/mol. The Morgan fingerprint density at radius 3 is 2.33 bits per heavy atom. The molecule has 0 radical (unpaired) electrons. The van der Waals surface area contributed by atoms with Crippen LogP contribution in [0.25, 0.3) is 0 Å². The van der Waals surface area contributed by atoms with E-state index in [9.17, 15) is 4.79 Å². The van der Waals surface area contributed by atoms with Crippen LogP contribution in [0.15, 0.2) is 48.5 Å². The van der Waals surface area contributed by atoms with E-state index < -0.39 is 0 Å². The van der Waals surface area contributed by atoms with Crippen LogP contribution in [-0.4, -0.2) is 24.2 Å². The average Bonchev–Trinajstić information content (AvgIpc) is 2.52. The van der Waals surface area contributed by atoms with Crippen molar-refractivity contribution in [3.8, 4) is 0 Å². The largest absolute Gasteiger partial charge is 0.395 e. The number of carbonyl (C=O) groups excluding carboxylic acids is 1. The molecule has 1 amide bonds. The van der Waals surface area contributed by atoms with Crippen LogP contribution in [0, 0.1) is 0 Å². The maximum Gasteiger partial charge on any atom is 0.251 e. The van der Waals surface area contributed by atoms with Gasteiger partial charge in [0.15, 0.2) is 0 Å². The molecule has 2 aromatic rings. The quantitative estimate of drug-likeness (QED) is 0.769. The normalized spacial score (nSPS) is 10.2. The Balaban J connectivity index is 1.90. The molecule has 3 N–H and O–H groups in total. The second-order valence-electron chi connectivity index (χ2n) is 4.54. The van der Waals surface area contributed by atoms with Gasteiger partial charge in [-0.15, -0.1) is 0 Å². The lowest BCUT2D eigenvalue weighted by Crippen LogP contribution is -2.26. The minimum Gasteiger partial charge on any atom is -0.395 e. The van der Waals surface area contributed by atoms with Crippen LogP contribution >= 0.6 is 11.6 Å². The number of halogens is 1. The number of benzene rings is 2. The number of hydrogen-bond donors (Lipinski definition) is 3. The van der Waals surface area contributed by atoms with Gasteiger partial charge in [0.25, 0.3) is 5.91 Å². The lowest BCUT2D eigenvalue weighted by Gasteiger charge is -2.08. The number of anilines is 1. The maximum absolute atomic E-state index is 11.7. The first kappa shape index (κ1) is 15.4. The number of rotatable bonds is 6. The van der Waals surface area contributed by atoms with E-state index in [2.05, 4.69) is 10.6 Å². The molecule has 0 unspecified atom stereocenters. The van der Waals surface area contributed by atoms with E-state index in [1.165, 1.54) is 0 Å². The summed E-state index contributed by atoms with van der Waals surface area (Å²) in [6.07, 6.45) is 0. The van der Waals surface area contributed by atoms with Gasteiger partial charge in [-0.25, -0.2) is 0 Å². The topological polar surface area (TPSA) is 61.4 Å². The van der Waals surface area contributed by atoms with E-state index >= 15 is 0 Å². The maximum atomic E-state index is 11.7. The van der Waals surface area contributed by atoms with Crippen LogP contribution in [0.1, 0.15) is 15.9 Å². The number of nitrogens with one attached hydrogen (secondary N) is 2. The SMILES string of the molecule is O=C(NCCO)c1ccc(NCc2ccc(Cl)cc2)cc1. The summed E-state index contributed by atoms with van der Waals surface area (Å²) in [4.78, 5) is 11.7. The summed E-state index contributed by atoms with van der Waals surface area (Å²) in [7, 11) is 0. The molecule has 0 heterocycles. The van der Waals surface area contributed by atoms with Crippen LogP contribution in [0.4, 0.5) is 5.69 Å². The molecule has 21 heavy (non-hydrogen) atoms. The fourth-order valence-electron chi connectivity index (χ4n) is 1.82.